The Kier molecular flexibility index (Phi) is 6.85. The molecule has 1 fully saturated rings. The minimum absolute atomic E-state index is 0.0693. The summed E-state index contributed by atoms with van der Waals surface area (Å²) in [7, 11) is 1.39. The quantitative estimate of drug-likeness (QED) is 0.567. The Bertz CT molecular complexity index is 1040. The van der Waals surface area contributed by atoms with E-state index in [0.29, 0.717) is 0 Å². The molecule has 0 saturated carbocycles. The van der Waals surface area contributed by atoms with Gasteiger partial charge in [0, 0.05) is 26.0 Å². The van der Waals surface area contributed by atoms with Gasteiger partial charge in [-0.3, -0.25) is 4.79 Å². The van der Waals surface area contributed by atoms with Crippen molar-refractivity contribution in [3.63, 3.8) is 0 Å². The molecule has 2 aliphatic rings. The molecule has 2 amide bonds. The fourth-order valence-corrected chi connectivity index (χ4v) is 4.75. The van der Waals surface area contributed by atoms with Crippen LogP contribution in [0, 0.1) is 0 Å². The van der Waals surface area contributed by atoms with Gasteiger partial charge in [0.1, 0.15) is 18.7 Å². The van der Waals surface area contributed by atoms with E-state index in [0.717, 1.165) is 27.2 Å². The van der Waals surface area contributed by atoms with Crippen LogP contribution >= 0.6 is 0 Å². The van der Waals surface area contributed by atoms with Crippen LogP contribution in [0.15, 0.2) is 48.5 Å². The molecule has 34 heavy (non-hydrogen) atoms. The van der Waals surface area contributed by atoms with Crippen molar-refractivity contribution in [3.8, 4) is 11.1 Å². The Morgan fingerprint density at radius 2 is 1.68 bits per heavy atom. The van der Waals surface area contributed by atoms with Crippen molar-refractivity contribution < 1.29 is 34.1 Å². The molecular weight excluding hydrogens is 440 g/mol. The Balaban J connectivity index is 1.46. The van der Waals surface area contributed by atoms with Crippen LogP contribution in [0.3, 0.4) is 0 Å². The average molecular weight is 469 g/mol. The minimum Gasteiger partial charge on any atom is -0.480 e. The number of aliphatic hydroxyl groups is 1. The SMILES string of the molecule is CO[C@H](C)[C@H](NC(=O)OCC1c2ccccc2-c2ccccc21)C(=O)N1CC(O)CC1C(=O)O. The molecule has 9 nitrogen and oxygen atoms in total. The van der Waals surface area contributed by atoms with Gasteiger partial charge in [-0.25, -0.2) is 9.59 Å². The van der Waals surface area contributed by atoms with Gasteiger partial charge < -0.3 is 29.9 Å². The Hall–Kier alpha value is -3.43. The molecular formula is C25H28N2O7. The van der Waals surface area contributed by atoms with Gasteiger partial charge in [-0.1, -0.05) is 48.5 Å². The van der Waals surface area contributed by atoms with Crippen molar-refractivity contribution in [2.24, 2.45) is 0 Å². The summed E-state index contributed by atoms with van der Waals surface area (Å²) < 4.78 is 10.8. The van der Waals surface area contributed by atoms with Crippen LogP contribution in [0.25, 0.3) is 11.1 Å². The van der Waals surface area contributed by atoms with Gasteiger partial charge in [-0.2, -0.15) is 0 Å². The topological polar surface area (TPSA) is 125 Å². The van der Waals surface area contributed by atoms with E-state index in [1.54, 1.807) is 6.92 Å². The molecule has 2 aromatic rings. The second kappa shape index (κ2) is 9.82. The third-order valence-electron chi connectivity index (χ3n) is 6.57. The van der Waals surface area contributed by atoms with E-state index in [1.165, 1.54) is 7.11 Å². The molecule has 0 spiro atoms. The summed E-state index contributed by atoms with van der Waals surface area (Å²) in [5.41, 5.74) is 4.32. The number of nitrogens with one attached hydrogen (secondary N) is 1. The number of methoxy groups -OCH3 is 1. The molecule has 1 aliphatic heterocycles. The number of amides is 2. The maximum atomic E-state index is 13.1. The van der Waals surface area contributed by atoms with E-state index in [-0.39, 0.29) is 25.5 Å². The first-order valence-corrected chi connectivity index (χ1v) is 11.2. The second-order valence-corrected chi connectivity index (χ2v) is 8.62. The molecule has 4 atom stereocenters. The summed E-state index contributed by atoms with van der Waals surface area (Å²) in [6, 6.07) is 13.6. The molecule has 1 heterocycles. The predicted octanol–water partition coefficient (Wildman–Crippen LogP) is 1.97. The van der Waals surface area contributed by atoms with E-state index in [2.05, 4.69) is 5.32 Å². The number of carbonyl (C=O) groups is 3. The highest BCUT2D eigenvalue weighted by atomic mass is 16.5. The first-order chi connectivity index (χ1) is 16.3. The third-order valence-corrected chi connectivity index (χ3v) is 6.57. The Morgan fingerprint density at radius 3 is 2.24 bits per heavy atom. The zero-order chi connectivity index (χ0) is 24.4. The number of hydrogen-bond acceptors (Lipinski definition) is 6. The lowest BCUT2D eigenvalue weighted by Gasteiger charge is -2.29. The number of aliphatic carboxylic acids is 1. The van der Waals surface area contributed by atoms with Gasteiger partial charge >= 0.3 is 12.1 Å². The summed E-state index contributed by atoms with van der Waals surface area (Å²) in [6.07, 6.45) is -2.57. The average Bonchev–Trinajstić information content (AvgIpc) is 3.38. The largest absolute Gasteiger partial charge is 0.480 e. The van der Waals surface area contributed by atoms with Crippen LogP contribution in [0.1, 0.15) is 30.4 Å². The van der Waals surface area contributed by atoms with E-state index in [1.807, 2.05) is 48.5 Å². The predicted molar refractivity (Wildman–Crippen MR) is 122 cm³/mol. The first kappa shape index (κ1) is 23.7. The number of benzene rings is 2. The fourth-order valence-electron chi connectivity index (χ4n) is 4.75. The van der Waals surface area contributed by atoms with E-state index in [4.69, 9.17) is 9.47 Å². The number of ether oxygens (including phenoxy) is 2. The van der Waals surface area contributed by atoms with E-state index < -0.39 is 42.3 Å². The number of carboxylic acids is 1. The van der Waals surface area contributed by atoms with Crippen molar-refractivity contribution >= 4 is 18.0 Å². The van der Waals surface area contributed by atoms with Crippen molar-refractivity contribution in [2.45, 2.75) is 43.6 Å². The van der Waals surface area contributed by atoms with Crippen LogP contribution in [0.5, 0.6) is 0 Å². The van der Waals surface area contributed by atoms with Gasteiger partial charge in [0.2, 0.25) is 5.91 Å². The number of likely N-dealkylation sites (tertiary alicyclic amines) is 1. The molecule has 3 N–H and O–H groups in total. The molecule has 0 radical (unpaired) electrons. The molecule has 4 rings (SSSR count). The molecule has 2 unspecified atom stereocenters. The van der Waals surface area contributed by atoms with Gasteiger partial charge in [-0.05, 0) is 29.2 Å². The number of β-amino-alcohol motifs (C(OH)–C–C–N with tert-alkyl or cyclic N) is 1. The van der Waals surface area contributed by atoms with E-state index >= 15 is 0 Å². The van der Waals surface area contributed by atoms with Crippen molar-refractivity contribution in [1.29, 1.82) is 0 Å². The molecule has 9 heteroatoms. The zero-order valence-corrected chi connectivity index (χ0v) is 19.0. The highest BCUT2D eigenvalue weighted by molar-refractivity contribution is 5.90. The smallest absolute Gasteiger partial charge is 0.407 e. The van der Waals surface area contributed by atoms with Crippen LogP contribution in [0.4, 0.5) is 4.79 Å². The second-order valence-electron chi connectivity index (χ2n) is 8.62. The van der Waals surface area contributed by atoms with Gasteiger partial charge in [0.05, 0.1) is 12.2 Å². The highest BCUT2D eigenvalue weighted by Crippen LogP contribution is 2.44. The summed E-state index contributed by atoms with van der Waals surface area (Å²) in [5, 5.41) is 21.9. The molecule has 1 aliphatic carbocycles. The summed E-state index contributed by atoms with van der Waals surface area (Å²) in [4.78, 5) is 38.5. The standard InChI is InChI=1S/C25H28N2O7/c1-14(33-2)22(23(29)27-12-15(28)11-21(27)24(30)31)26-25(32)34-13-20-18-9-5-3-7-16(18)17-8-4-6-10-19(17)20/h3-10,14-15,20-22,28H,11-13H2,1-2H3,(H,26,32)(H,30,31)/t14-,15?,21?,22+/m1/s1. The number of carbonyl (C=O) groups excluding carboxylic acids is 2. The first-order valence-electron chi connectivity index (χ1n) is 11.2. The fraction of sp³-hybridized carbons (Fsp3) is 0.400. The third kappa shape index (κ3) is 4.49. The van der Waals surface area contributed by atoms with E-state index in [9.17, 15) is 24.6 Å². The van der Waals surface area contributed by atoms with Gasteiger partial charge in [-0.15, -0.1) is 0 Å². The number of fused-ring (bicyclic) bond motifs is 3. The number of carboxylic acid groups (broad SMARTS) is 1. The van der Waals surface area contributed by atoms with Crippen molar-refractivity contribution in [3.05, 3.63) is 59.7 Å². The Labute approximate surface area is 197 Å². The maximum Gasteiger partial charge on any atom is 0.407 e. The summed E-state index contributed by atoms with van der Waals surface area (Å²) in [6.45, 7) is 1.53. The number of nitrogens with zero attached hydrogens (tertiary/aromatic N) is 1. The lowest BCUT2D eigenvalue weighted by molar-refractivity contribution is -0.150. The monoisotopic (exact) mass is 468 g/mol. The number of hydrogen-bond donors (Lipinski definition) is 3. The van der Waals surface area contributed by atoms with Crippen LogP contribution in [-0.4, -0.2) is 77.6 Å². The van der Waals surface area contributed by atoms with Gasteiger partial charge in [0.15, 0.2) is 0 Å². The number of aliphatic hydroxyl groups excluding tert-OH is 1. The summed E-state index contributed by atoms with van der Waals surface area (Å²) >= 11 is 0. The van der Waals surface area contributed by atoms with Crippen molar-refractivity contribution in [1.82, 2.24) is 10.2 Å². The van der Waals surface area contributed by atoms with Crippen molar-refractivity contribution in [2.75, 3.05) is 20.3 Å². The molecule has 0 bridgehead atoms. The number of rotatable bonds is 7. The van der Waals surface area contributed by atoms with Gasteiger partial charge in [0.25, 0.3) is 0 Å². The summed E-state index contributed by atoms with van der Waals surface area (Å²) in [5.74, 6) is -2.00. The van der Waals surface area contributed by atoms with Crippen LogP contribution in [0.2, 0.25) is 0 Å². The zero-order valence-electron chi connectivity index (χ0n) is 19.0. The minimum atomic E-state index is -1.21. The lowest BCUT2D eigenvalue weighted by atomic mass is 9.98. The molecule has 180 valence electrons. The van der Waals surface area contributed by atoms with Crippen LogP contribution < -0.4 is 5.32 Å². The number of alkyl carbamates (subject to hydrolysis) is 1. The molecule has 2 aromatic carbocycles. The highest BCUT2D eigenvalue weighted by Gasteiger charge is 2.43. The lowest BCUT2D eigenvalue weighted by Crippen LogP contribution is -2.56. The molecule has 0 aromatic heterocycles. The maximum absolute atomic E-state index is 13.1. The Morgan fingerprint density at radius 1 is 1.09 bits per heavy atom. The molecule has 1 saturated heterocycles. The normalized spacial score (nSPS) is 20.9. The van der Waals surface area contributed by atoms with Crippen LogP contribution in [-0.2, 0) is 19.1 Å².